The van der Waals surface area contributed by atoms with Crippen LogP contribution in [0.2, 0.25) is 0 Å². The number of hydrogen-bond acceptors (Lipinski definition) is 5. The Morgan fingerprint density at radius 3 is 2.39 bits per heavy atom. The Morgan fingerprint density at radius 2 is 1.76 bits per heavy atom. The number of para-hydroxylation sites is 1. The van der Waals surface area contributed by atoms with Gasteiger partial charge in [0.05, 0.1) is 12.5 Å². The van der Waals surface area contributed by atoms with E-state index in [0.717, 1.165) is 34.1 Å². The van der Waals surface area contributed by atoms with Crippen LogP contribution in [0, 0.1) is 0 Å². The fraction of sp³-hybridized carbons (Fsp3) is 0.357. The Morgan fingerprint density at radius 1 is 1.08 bits per heavy atom. The van der Waals surface area contributed by atoms with Gasteiger partial charge in [0.25, 0.3) is 5.91 Å². The van der Waals surface area contributed by atoms with Gasteiger partial charge < -0.3 is 24.5 Å². The van der Waals surface area contributed by atoms with Gasteiger partial charge in [-0.2, -0.15) is 5.48 Å². The number of aromatic nitrogens is 1. The molecule has 1 unspecified atom stereocenters. The molecule has 1 aliphatic rings. The van der Waals surface area contributed by atoms with Gasteiger partial charge in [-0.1, -0.05) is 30.3 Å². The van der Waals surface area contributed by atoms with Crippen LogP contribution in [0.1, 0.15) is 53.9 Å². The summed E-state index contributed by atoms with van der Waals surface area (Å²) in [5, 5.41) is 3.59. The number of rotatable bonds is 5. The first kappa shape index (κ1) is 26.7. The molecule has 0 radical (unpaired) electrons. The van der Waals surface area contributed by atoms with Crippen molar-refractivity contribution in [3.05, 3.63) is 70.9 Å². The molecule has 4 amide bonds. The number of carbonyl (C=O) groups is 4. The first-order valence-electron chi connectivity index (χ1n) is 12.4. The normalized spacial score (nSPS) is 15.0. The van der Waals surface area contributed by atoms with Gasteiger partial charge in [-0.05, 0) is 50.1 Å². The third kappa shape index (κ3) is 5.64. The summed E-state index contributed by atoms with van der Waals surface area (Å²) in [7, 11) is 3.45. The summed E-state index contributed by atoms with van der Waals surface area (Å²) in [4.78, 5) is 57.1. The first-order chi connectivity index (χ1) is 18.0. The third-order valence-electron chi connectivity index (χ3n) is 6.40. The Hall–Kier alpha value is -4.34. The standard InChI is InChI=1S/C28H33N5O5/c1-28(2,3)29-27(37)38-30-25(35)19-12-10-18(11-13-19)14-33-22-9-7-6-8-20(22)24-21(26(36)31(4)5)15-32(17-34)16-23(24)33/h6-13,17,21H,14-16H2,1-5H3,(H,29,37)(H,30,35). The quantitative estimate of drug-likeness (QED) is 0.398. The predicted molar refractivity (Wildman–Crippen MR) is 142 cm³/mol. The van der Waals surface area contributed by atoms with Crippen LogP contribution in [0.5, 0.6) is 0 Å². The lowest BCUT2D eigenvalue weighted by atomic mass is 9.91. The average Bonchev–Trinajstić information content (AvgIpc) is 3.19. The van der Waals surface area contributed by atoms with E-state index in [1.54, 1.807) is 56.8 Å². The summed E-state index contributed by atoms with van der Waals surface area (Å²) in [6, 6.07) is 14.9. The minimum Gasteiger partial charge on any atom is -0.348 e. The molecule has 3 aromatic rings. The molecule has 0 saturated heterocycles. The fourth-order valence-electron chi connectivity index (χ4n) is 4.73. The molecule has 2 N–H and O–H groups in total. The smallest absolute Gasteiger partial charge is 0.348 e. The predicted octanol–water partition coefficient (Wildman–Crippen LogP) is 3.00. The molecular weight excluding hydrogens is 486 g/mol. The lowest BCUT2D eigenvalue weighted by Crippen LogP contribution is -2.43. The molecule has 2 heterocycles. The molecule has 200 valence electrons. The molecule has 10 nitrogen and oxygen atoms in total. The van der Waals surface area contributed by atoms with Crippen molar-refractivity contribution in [2.45, 2.75) is 45.3 Å². The maximum absolute atomic E-state index is 13.1. The Kier molecular flexibility index (Phi) is 7.43. The van der Waals surface area contributed by atoms with E-state index in [2.05, 4.69) is 15.4 Å². The van der Waals surface area contributed by atoms with E-state index in [1.807, 2.05) is 36.4 Å². The summed E-state index contributed by atoms with van der Waals surface area (Å²) in [5.41, 5.74) is 5.78. The number of likely N-dealkylation sites (N-methyl/N-ethyl adjacent to an activating group) is 1. The van der Waals surface area contributed by atoms with Crippen LogP contribution in [-0.4, -0.2) is 64.9 Å². The van der Waals surface area contributed by atoms with Gasteiger partial charge in [0, 0.05) is 54.9 Å². The molecule has 1 aliphatic heterocycles. The molecule has 0 bridgehead atoms. The summed E-state index contributed by atoms with van der Waals surface area (Å²) >= 11 is 0. The lowest BCUT2D eigenvalue weighted by molar-refractivity contribution is -0.132. The van der Waals surface area contributed by atoms with Crippen LogP contribution in [-0.2, 0) is 27.5 Å². The van der Waals surface area contributed by atoms with Crippen LogP contribution < -0.4 is 10.8 Å². The van der Waals surface area contributed by atoms with Gasteiger partial charge in [-0.15, -0.1) is 0 Å². The van der Waals surface area contributed by atoms with E-state index >= 15 is 0 Å². The van der Waals surface area contributed by atoms with Crippen molar-refractivity contribution in [3.63, 3.8) is 0 Å². The van der Waals surface area contributed by atoms with E-state index < -0.39 is 23.5 Å². The second kappa shape index (κ2) is 10.6. The van der Waals surface area contributed by atoms with Crippen LogP contribution in [0.4, 0.5) is 4.79 Å². The average molecular weight is 520 g/mol. The van der Waals surface area contributed by atoms with Crippen LogP contribution in [0.15, 0.2) is 48.5 Å². The molecule has 0 spiro atoms. The van der Waals surface area contributed by atoms with Gasteiger partial charge in [0.1, 0.15) is 0 Å². The molecule has 0 saturated carbocycles. The summed E-state index contributed by atoms with van der Waals surface area (Å²) in [5.74, 6) is -1.04. The number of fused-ring (bicyclic) bond motifs is 3. The minimum absolute atomic E-state index is 0.0468. The maximum atomic E-state index is 13.1. The molecule has 10 heteroatoms. The topological polar surface area (TPSA) is 113 Å². The van der Waals surface area contributed by atoms with E-state index in [4.69, 9.17) is 4.84 Å². The van der Waals surface area contributed by atoms with Crippen molar-refractivity contribution in [1.82, 2.24) is 25.2 Å². The van der Waals surface area contributed by atoms with Crippen LogP contribution in [0.3, 0.4) is 0 Å². The largest absolute Gasteiger partial charge is 0.431 e. The number of hydrogen-bond donors (Lipinski definition) is 2. The van der Waals surface area contributed by atoms with E-state index in [1.165, 1.54) is 0 Å². The van der Waals surface area contributed by atoms with Gasteiger partial charge >= 0.3 is 6.09 Å². The monoisotopic (exact) mass is 519 g/mol. The Bertz CT molecular complexity index is 1370. The number of amides is 4. The van der Waals surface area contributed by atoms with E-state index in [0.29, 0.717) is 25.2 Å². The van der Waals surface area contributed by atoms with Crippen molar-refractivity contribution >= 4 is 35.2 Å². The van der Waals surface area contributed by atoms with Gasteiger partial charge in [0.15, 0.2) is 0 Å². The van der Waals surface area contributed by atoms with Crippen molar-refractivity contribution in [2.75, 3.05) is 20.6 Å². The number of carbonyl (C=O) groups excluding carboxylic acids is 4. The summed E-state index contributed by atoms with van der Waals surface area (Å²) in [6.07, 6.45) is 0.0418. The number of nitrogens with zero attached hydrogens (tertiary/aromatic N) is 3. The molecular formula is C28H33N5O5. The minimum atomic E-state index is -0.748. The highest BCUT2D eigenvalue weighted by atomic mass is 16.7. The third-order valence-corrected chi connectivity index (χ3v) is 6.40. The van der Waals surface area contributed by atoms with Crippen molar-refractivity contribution in [3.8, 4) is 0 Å². The van der Waals surface area contributed by atoms with Crippen molar-refractivity contribution in [1.29, 1.82) is 0 Å². The molecule has 1 atom stereocenters. The van der Waals surface area contributed by atoms with E-state index in [-0.39, 0.29) is 5.91 Å². The second-order valence-electron chi connectivity index (χ2n) is 10.7. The summed E-state index contributed by atoms with van der Waals surface area (Å²) < 4.78 is 2.13. The zero-order valence-electron chi connectivity index (χ0n) is 22.3. The number of benzene rings is 2. The van der Waals surface area contributed by atoms with Crippen molar-refractivity contribution in [2.24, 2.45) is 0 Å². The molecule has 0 fully saturated rings. The fourth-order valence-corrected chi connectivity index (χ4v) is 4.73. The molecule has 1 aromatic heterocycles. The summed E-state index contributed by atoms with van der Waals surface area (Å²) in [6.45, 7) is 6.63. The zero-order valence-corrected chi connectivity index (χ0v) is 22.3. The molecule has 4 rings (SSSR count). The zero-order chi connectivity index (χ0) is 27.6. The molecule has 2 aromatic carbocycles. The first-order valence-corrected chi connectivity index (χ1v) is 12.4. The van der Waals surface area contributed by atoms with E-state index in [9.17, 15) is 19.2 Å². The maximum Gasteiger partial charge on any atom is 0.431 e. The SMILES string of the molecule is CN(C)C(=O)C1CN(C=O)Cc2c1c1ccccc1n2Cc1ccc(C(=O)NOC(=O)NC(C)(C)C)cc1. The molecule has 0 aliphatic carbocycles. The number of nitrogens with one attached hydrogen (secondary N) is 2. The Balaban J connectivity index is 1.59. The van der Waals surface area contributed by atoms with Crippen molar-refractivity contribution < 1.29 is 24.0 Å². The van der Waals surface area contributed by atoms with Gasteiger partial charge in [-0.25, -0.2) is 4.79 Å². The second-order valence-corrected chi connectivity index (χ2v) is 10.7. The Labute approximate surface area is 221 Å². The lowest BCUT2D eigenvalue weighted by Gasteiger charge is -2.32. The van der Waals surface area contributed by atoms with Crippen LogP contribution >= 0.6 is 0 Å². The van der Waals surface area contributed by atoms with Gasteiger partial charge in [-0.3, -0.25) is 14.4 Å². The highest BCUT2D eigenvalue weighted by Crippen LogP contribution is 2.38. The highest BCUT2D eigenvalue weighted by molar-refractivity contribution is 5.95. The van der Waals surface area contributed by atoms with Crippen LogP contribution in [0.25, 0.3) is 10.9 Å². The van der Waals surface area contributed by atoms with Gasteiger partial charge in [0.2, 0.25) is 12.3 Å². The number of hydroxylamine groups is 1. The highest BCUT2D eigenvalue weighted by Gasteiger charge is 2.35. The molecule has 38 heavy (non-hydrogen) atoms.